The second-order valence-electron chi connectivity index (χ2n) is 9.22. The summed E-state index contributed by atoms with van der Waals surface area (Å²) in [6, 6.07) is 9.03. The Bertz CT molecular complexity index is 1300. The number of pyridine rings is 1. The number of benzene rings is 1. The molecule has 0 saturated carbocycles. The second-order valence-corrected chi connectivity index (χ2v) is 11.7. The Hall–Kier alpha value is -2.94. The molecule has 5 rings (SSSR count). The molecule has 0 radical (unpaired) electrons. The van der Waals surface area contributed by atoms with Crippen LogP contribution < -0.4 is 9.64 Å². The van der Waals surface area contributed by atoms with Crippen molar-refractivity contribution < 1.29 is 17.9 Å². The van der Waals surface area contributed by atoms with Crippen molar-refractivity contribution in [1.29, 1.82) is 0 Å². The zero-order valence-corrected chi connectivity index (χ0v) is 20.3. The van der Waals surface area contributed by atoms with Gasteiger partial charge in [-0.25, -0.2) is 9.37 Å². The van der Waals surface area contributed by atoms with Crippen LogP contribution in [0, 0.1) is 11.7 Å². The van der Waals surface area contributed by atoms with Gasteiger partial charge in [-0.05, 0) is 64.8 Å². The van der Waals surface area contributed by atoms with Gasteiger partial charge in [0.2, 0.25) is 0 Å². The van der Waals surface area contributed by atoms with Crippen LogP contribution in [0.25, 0.3) is 11.3 Å². The van der Waals surface area contributed by atoms with Gasteiger partial charge < -0.3 is 14.2 Å². The van der Waals surface area contributed by atoms with Gasteiger partial charge in [-0.3, -0.25) is 4.21 Å². The van der Waals surface area contributed by atoms with Crippen LogP contribution in [0.3, 0.4) is 0 Å². The highest BCUT2D eigenvalue weighted by atomic mass is 32.2. The lowest BCUT2D eigenvalue weighted by molar-refractivity contribution is 0.137. The molecule has 0 aliphatic carbocycles. The van der Waals surface area contributed by atoms with Gasteiger partial charge in [0, 0.05) is 37.8 Å². The summed E-state index contributed by atoms with van der Waals surface area (Å²) >= 11 is 0. The van der Waals surface area contributed by atoms with E-state index in [1.54, 1.807) is 6.07 Å². The number of piperidine rings is 1. The molecule has 34 heavy (non-hydrogen) atoms. The van der Waals surface area contributed by atoms with Crippen LogP contribution in [0.1, 0.15) is 37.7 Å². The van der Waals surface area contributed by atoms with Gasteiger partial charge in [0.1, 0.15) is 17.7 Å². The fraction of sp³-hybridized carbons (Fsp3) is 0.440. The molecule has 1 aromatic carbocycles. The monoisotopic (exact) mass is 484 g/mol. The van der Waals surface area contributed by atoms with Crippen molar-refractivity contribution in [3.8, 4) is 17.0 Å². The van der Waals surface area contributed by atoms with Crippen LogP contribution in [-0.4, -0.2) is 50.7 Å². The molecule has 0 amide bonds. The Morgan fingerprint density at radius 3 is 2.71 bits per heavy atom. The van der Waals surface area contributed by atoms with Gasteiger partial charge in [-0.1, -0.05) is 18.1 Å². The first-order valence-corrected chi connectivity index (χ1v) is 13.8. The number of rotatable bonds is 6. The topological polar surface area (TPSA) is 81.4 Å². The van der Waals surface area contributed by atoms with E-state index >= 15 is 0 Å². The molecule has 3 aromatic rings. The van der Waals surface area contributed by atoms with Gasteiger partial charge in [-0.2, -0.15) is 4.98 Å². The first kappa shape index (κ1) is 22.8. The number of aryl methyl sites for hydroxylation is 1. The van der Waals surface area contributed by atoms with Gasteiger partial charge in [0.25, 0.3) is 0 Å². The van der Waals surface area contributed by atoms with E-state index < -0.39 is 15.3 Å². The number of fused-ring (bicyclic) bond motifs is 1. The van der Waals surface area contributed by atoms with E-state index in [1.807, 2.05) is 12.1 Å². The molecule has 0 N–H and O–H groups in total. The minimum Gasteiger partial charge on any atom is -0.488 e. The zero-order chi connectivity index (χ0) is 23.9. The Morgan fingerprint density at radius 2 is 2.00 bits per heavy atom. The normalized spacial score (nSPS) is 20.1. The molecule has 7 nitrogen and oxygen atoms in total. The Kier molecular flexibility index (Phi) is 6.06. The molecular formula is C25H29FN4O3S. The Labute approximate surface area is 199 Å². The van der Waals surface area contributed by atoms with E-state index in [9.17, 15) is 8.60 Å². The van der Waals surface area contributed by atoms with Gasteiger partial charge in [0.15, 0.2) is 5.82 Å². The second kappa shape index (κ2) is 9.02. The number of hydrogen-bond acceptors (Lipinski definition) is 7. The lowest BCUT2D eigenvalue weighted by Gasteiger charge is -2.33. The molecule has 4 heterocycles. The Morgan fingerprint density at radius 1 is 1.21 bits per heavy atom. The number of ether oxygens (including phenoxy) is 1. The summed E-state index contributed by atoms with van der Waals surface area (Å²) in [5.41, 5.74) is 2.22. The summed E-state index contributed by atoms with van der Waals surface area (Å²) in [6.45, 7) is 3.80. The molecule has 2 atom stereocenters. The molecular weight excluding hydrogens is 455 g/mol. The molecule has 0 spiro atoms. The Balaban J connectivity index is 1.24. The SMILES string of the molecule is C=S(C)(=O)c1ccc(-c2ccc3c(n2)CC(C2CCN(c4nc(CCC)no4)CC2)O3)cc1F. The average Bonchev–Trinajstić information content (AvgIpc) is 3.45. The third-order valence-electron chi connectivity index (χ3n) is 6.57. The van der Waals surface area contributed by atoms with Crippen molar-refractivity contribution in [3.05, 3.63) is 47.7 Å². The first-order chi connectivity index (χ1) is 16.3. The highest BCUT2D eigenvalue weighted by Gasteiger charge is 2.34. The molecule has 1 fully saturated rings. The maximum Gasteiger partial charge on any atom is 0.324 e. The largest absolute Gasteiger partial charge is 0.488 e. The fourth-order valence-electron chi connectivity index (χ4n) is 4.73. The summed E-state index contributed by atoms with van der Waals surface area (Å²) < 4.78 is 38.3. The van der Waals surface area contributed by atoms with E-state index in [2.05, 4.69) is 27.8 Å². The number of nitrogens with zero attached hydrogens (tertiary/aromatic N) is 4. The lowest BCUT2D eigenvalue weighted by Crippen LogP contribution is -2.39. The first-order valence-electron chi connectivity index (χ1n) is 11.7. The number of aromatic nitrogens is 3. The third-order valence-corrected chi connectivity index (χ3v) is 7.83. The van der Waals surface area contributed by atoms with E-state index in [1.165, 1.54) is 18.4 Å². The summed E-state index contributed by atoms with van der Waals surface area (Å²) in [5.74, 6) is 5.03. The molecule has 2 unspecified atom stereocenters. The molecule has 1 saturated heterocycles. The summed E-state index contributed by atoms with van der Waals surface area (Å²) in [5, 5.41) is 4.06. The number of halogens is 1. The molecule has 180 valence electrons. The molecule has 0 bridgehead atoms. The van der Waals surface area contributed by atoms with Gasteiger partial charge in [0.05, 0.1) is 16.3 Å². The van der Waals surface area contributed by atoms with Crippen LogP contribution in [0.4, 0.5) is 10.4 Å². The maximum atomic E-state index is 14.5. The van der Waals surface area contributed by atoms with Crippen LogP contribution >= 0.6 is 0 Å². The molecule has 2 aliphatic heterocycles. The zero-order valence-electron chi connectivity index (χ0n) is 19.5. The summed E-state index contributed by atoms with van der Waals surface area (Å²) in [6.07, 6.45) is 6.02. The molecule has 9 heteroatoms. The van der Waals surface area contributed by atoms with Gasteiger partial charge >= 0.3 is 6.01 Å². The van der Waals surface area contributed by atoms with Crippen LogP contribution in [-0.2, 0) is 22.4 Å². The van der Waals surface area contributed by atoms with Crippen molar-refractivity contribution in [2.45, 2.75) is 50.0 Å². The van der Waals surface area contributed by atoms with E-state index in [0.29, 0.717) is 23.2 Å². The van der Waals surface area contributed by atoms with Crippen molar-refractivity contribution in [3.63, 3.8) is 0 Å². The number of anilines is 1. The van der Waals surface area contributed by atoms with Crippen molar-refractivity contribution in [2.75, 3.05) is 24.2 Å². The summed E-state index contributed by atoms with van der Waals surface area (Å²) in [7, 11) is -2.62. The third kappa shape index (κ3) is 4.53. The number of hydrogen-bond donors (Lipinski definition) is 0. The van der Waals surface area contributed by atoms with Crippen molar-refractivity contribution in [1.82, 2.24) is 15.1 Å². The highest BCUT2D eigenvalue weighted by molar-refractivity contribution is 7.99. The minimum atomic E-state index is -2.62. The molecule has 2 aromatic heterocycles. The average molecular weight is 485 g/mol. The smallest absolute Gasteiger partial charge is 0.324 e. The van der Waals surface area contributed by atoms with Crippen LogP contribution in [0.5, 0.6) is 5.75 Å². The van der Waals surface area contributed by atoms with E-state index in [4.69, 9.17) is 14.2 Å². The van der Waals surface area contributed by atoms with E-state index in [0.717, 1.165) is 62.5 Å². The van der Waals surface area contributed by atoms with Crippen molar-refractivity contribution >= 4 is 21.4 Å². The fourth-order valence-corrected chi connectivity index (χ4v) is 5.56. The van der Waals surface area contributed by atoms with Crippen LogP contribution in [0.15, 0.2) is 39.8 Å². The quantitative estimate of drug-likeness (QED) is 0.486. The van der Waals surface area contributed by atoms with Gasteiger partial charge in [-0.15, -0.1) is 0 Å². The standard InChI is InChI=1S/C25H29FN4O3S/c1-4-5-24-28-25(33-29-24)30-12-10-16(11-13-30)22-15-20-21(32-22)8-7-19(27-20)17-6-9-23(18(26)14-17)34(2,3)31/h6-9,14,16,22H,2,4-5,10-13,15H2,1,3H3. The minimum absolute atomic E-state index is 0.0771. The summed E-state index contributed by atoms with van der Waals surface area (Å²) in [4.78, 5) is 11.6. The van der Waals surface area contributed by atoms with E-state index in [-0.39, 0.29) is 11.0 Å². The predicted molar refractivity (Wildman–Crippen MR) is 130 cm³/mol. The van der Waals surface area contributed by atoms with Crippen molar-refractivity contribution in [2.24, 2.45) is 5.92 Å². The maximum absolute atomic E-state index is 14.5. The highest BCUT2D eigenvalue weighted by Crippen LogP contribution is 2.36. The van der Waals surface area contributed by atoms with Crippen LogP contribution in [0.2, 0.25) is 0 Å². The predicted octanol–water partition coefficient (Wildman–Crippen LogP) is 4.15. The lowest BCUT2D eigenvalue weighted by atomic mass is 9.90. The molecule has 2 aliphatic rings.